The zero-order valence-electron chi connectivity index (χ0n) is 8.96. The molecule has 1 heterocycles. The lowest BCUT2D eigenvalue weighted by molar-refractivity contribution is 0.112. The lowest BCUT2D eigenvalue weighted by Crippen LogP contribution is -1.97. The van der Waals surface area contributed by atoms with Gasteiger partial charge in [-0.2, -0.15) is 0 Å². The van der Waals surface area contributed by atoms with Crippen LogP contribution < -0.4 is 4.74 Å². The van der Waals surface area contributed by atoms with Crippen molar-refractivity contribution in [3.63, 3.8) is 0 Å². The van der Waals surface area contributed by atoms with Crippen LogP contribution in [-0.4, -0.2) is 13.4 Å². The monoisotopic (exact) mass is 204 g/mol. The molecular weight excluding hydrogens is 192 g/mol. The second-order valence-corrected chi connectivity index (χ2v) is 3.48. The quantitative estimate of drug-likeness (QED) is 0.706. The summed E-state index contributed by atoms with van der Waals surface area (Å²) in [4.78, 5) is 11.0. The van der Waals surface area contributed by atoms with Crippen LogP contribution >= 0.6 is 0 Å². The fourth-order valence-electron chi connectivity index (χ4n) is 1.83. The first-order valence-electron chi connectivity index (χ1n) is 4.70. The number of benzene rings is 1. The molecule has 0 spiro atoms. The second kappa shape index (κ2) is 3.42. The van der Waals surface area contributed by atoms with E-state index in [1.807, 2.05) is 19.9 Å². The van der Waals surface area contributed by atoms with Crippen LogP contribution in [0.1, 0.15) is 21.5 Å². The van der Waals surface area contributed by atoms with Crippen molar-refractivity contribution in [2.75, 3.05) is 7.11 Å². The van der Waals surface area contributed by atoms with Gasteiger partial charge in [-0.3, -0.25) is 4.79 Å². The molecule has 0 fully saturated rings. The molecule has 0 N–H and O–H groups in total. The molecule has 0 bridgehead atoms. The summed E-state index contributed by atoms with van der Waals surface area (Å²) < 4.78 is 10.6. The Bertz CT molecular complexity index is 523. The van der Waals surface area contributed by atoms with Gasteiger partial charge in [-0.05, 0) is 31.0 Å². The van der Waals surface area contributed by atoms with Crippen LogP contribution in [0.3, 0.4) is 0 Å². The lowest BCUT2D eigenvalue weighted by Gasteiger charge is -2.10. The van der Waals surface area contributed by atoms with E-state index in [4.69, 9.17) is 9.15 Å². The van der Waals surface area contributed by atoms with Gasteiger partial charge < -0.3 is 9.15 Å². The SMILES string of the molecule is COc1c(C=O)c(C)c(C)c2occc12. The summed E-state index contributed by atoms with van der Waals surface area (Å²) in [5, 5.41) is 0.850. The average molecular weight is 204 g/mol. The smallest absolute Gasteiger partial charge is 0.154 e. The Hall–Kier alpha value is -1.77. The number of rotatable bonds is 2. The fourth-order valence-corrected chi connectivity index (χ4v) is 1.83. The van der Waals surface area contributed by atoms with Gasteiger partial charge in [0.15, 0.2) is 6.29 Å². The van der Waals surface area contributed by atoms with E-state index in [0.717, 1.165) is 28.4 Å². The topological polar surface area (TPSA) is 39.4 Å². The maximum atomic E-state index is 11.0. The highest BCUT2D eigenvalue weighted by molar-refractivity contribution is 5.97. The second-order valence-electron chi connectivity index (χ2n) is 3.48. The summed E-state index contributed by atoms with van der Waals surface area (Å²) in [5.41, 5.74) is 3.28. The fraction of sp³-hybridized carbons (Fsp3) is 0.250. The molecule has 1 aromatic carbocycles. The van der Waals surface area contributed by atoms with Crippen molar-refractivity contribution < 1.29 is 13.9 Å². The molecule has 0 amide bonds. The minimum Gasteiger partial charge on any atom is -0.495 e. The third-order valence-corrected chi connectivity index (χ3v) is 2.78. The highest BCUT2D eigenvalue weighted by Crippen LogP contribution is 2.35. The molecule has 0 saturated carbocycles. The molecule has 0 radical (unpaired) electrons. The molecule has 2 aromatic rings. The molecule has 15 heavy (non-hydrogen) atoms. The van der Waals surface area contributed by atoms with Gasteiger partial charge in [0.25, 0.3) is 0 Å². The Morgan fingerprint density at radius 2 is 2.07 bits per heavy atom. The first-order valence-corrected chi connectivity index (χ1v) is 4.70. The highest BCUT2D eigenvalue weighted by atomic mass is 16.5. The molecule has 3 heteroatoms. The summed E-state index contributed by atoms with van der Waals surface area (Å²) in [6.45, 7) is 3.83. The number of hydrogen-bond donors (Lipinski definition) is 0. The number of hydrogen-bond acceptors (Lipinski definition) is 3. The van der Waals surface area contributed by atoms with E-state index in [2.05, 4.69) is 0 Å². The molecule has 0 unspecified atom stereocenters. The number of methoxy groups -OCH3 is 1. The Morgan fingerprint density at radius 1 is 1.33 bits per heavy atom. The van der Waals surface area contributed by atoms with Gasteiger partial charge in [-0.15, -0.1) is 0 Å². The standard InChI is InChI=1S/C12H12O3/c1-7-8(2)11-9(4-5-15-11)12(14-3)10(7)6-13/h4-6H,1-3H3. The van der Waals surface area contributed by atoms with Crippen molar-refractivity contribution in [3.05, 3.63) is 29.0 Å². The van der Waals surface area contributed by atoms with Gasteiger partial charge in [-0.25, -0.2) is 0 Å². The van der Waals surface area contributed by atoms with E-state index >= 15 is 0 Å². The average Bonchev–Trinajstić information content (AvgIpc) is 2.71. The molecule has 78 valence electrons. The first-order chi connectivity index (χ1) is 7.20. The normalized spacial score (nSPS) is 10.6. The number of furan rings is 1. The molecular formula is C12H12O3. The van der Waals surface area contributed by atoms with Crippen molar-refractivity contribution in [1.29, 1.82) is 0 Å². The van der Waals surface area contributed by atoms with Gasteiger partial charge >= 0.3 is 0 Å². The summed E-state index contributed by atoms with van der Waals surface area (Å²) >= 11 is 0. The van der Waals surface area contributed by atoms with Crippen LogP contribution in [0.2, 0.25) is 0 Å². The number of aryl methyl sites for hydroxylation is 1. The third kappa shape index (κ3) is 1.23. The van der Waals surface area contributed by atoms with Gasteiger partial charge in [0.05, 0.1) is 24.3 Å². The Labute approximate surface area is 87.6 Å². The van der Waals surface area contributed by atoms with Crippen LogP contribution in [0.4, 0.5) is 0 Å². The number of carbonyl (C=O) groups is 1. The van der Waals surface area contributed by atoms with Crippen molar-refractivity contribution in [2.24, 2.45) is 0 Å². The predicted molar refractivity (Wildman–Crippen MR) is 57.6 cm³/mol. The predicted octanol–water partition coefficient (Wildman–Crippen LogP) is 2.87. The number of aldehydes is 1. The Kier molecular flexibility index (Phi) is 2.23. The Balaban J connectivity index is 2.97. The van der Waals surface area contributed by atoms with Crippen LogP contribution in [0, 0.1) is 13.8 Å². The molecule has 0 aliphatic heterocycles. The van der Waals surface area contributed by atoms with Crippen molar-refractivity contribution in [3.8, 4) is 5.75 Å². The van der Waals surface area contributed by atoms with E-state index in [0.29, 0.717) is 11.3 Å². The van der Waals surface area contributed by atoms with Crippen LogP contribution in [0.5, 0.6) is 5.75 Å². The number of ether oxygens (including phenoxy) is 1. The largest absolute Gasteiger partial charge is 0.495 e. The summed E-state index contributed by atoms with van der Waals surface area (Å²) in [6, 6.07) is 1.81. The van der Waals surface area contributed by atoms with E-state index in [1.54, 1.807) is 13.4 Å². The zero-order chi connectivity index (χ0) is 11.0. The number of fused-ring (bicyclic) bond motifs is 1. The Morgan fingerprint density at radius 3 is 2.67 bits per heavy atom. The number of carbonyl (C=O) groups excluding carboxylic acids is 1. The molecule has 0 aliphatic carbocycles. The first kappa shape index (κ1) is 9.77. The highest BCUT2D eigenvalue weighted by Gasteiger charge is 2.16. The third-order valence-electron chi connectivity index (χ3n) is 2.78. The summed E-state index contributed by atoms with van der Waals surface area (Å²) in [7, 11) is 1.56. The summed E-state index contributed by atoms with van der Waals surface area (Å²) in [5.74, 6) is 0.594. The maximum absolute atomic E-state index is 11.0. The molecule has 3 nitrogen and oxygen atoms in total. The van der Waals surface area contributed by atoms with Gasteiger partial charge in [0, 0.05) is 0 Å². The van der Waals surface area contributed by atoms with E-state index in [1.165, 1.54) is 0 Å². The van der Waals surface area contributed by atoms with Crippen LogP contribution in [-0.2, 0) is 0 Å². The molecule has 2 rings (SSSR count). The van der Waals surface area contributed by atoms with E-state index < -0.39 is 0 Å². The van der Waals surface area contributed by atoms with Gasteiger partial charge in [0.1, 0.15) is 11.3 Å². The summed E-state index contributed by atoms with van der Waals surface area (Å²) in [6.07, 6.45) is 2.43. The minimum absolute atomic E-state index is 0.594. The lowest BCUT2D eigenvalue weighted by atomic mass is 10.00. The molecule has 0 atom stereocenters. The zero-order valence-corrected chi connectivity index (χ0v) is 8.96. The van der Waals surface area contributed by atoms with Crippen molar-refractivity contribution in [2.45, 2.75) is 13.8 Å². The van der Waals surface area contributed by atoms with Crippen molar-refractivity contribution >= 4 is 17.3 Å². The van der Waals surface area contributed by atoms with Crippen LogP contribution in [0.15, 0.2) is 16.7 Å². The molecule has 0 aliphatic rings. The molecule has 0 saturated heterocycles. The van der Waals surface area contributed by atoms with Crippen LogP contribution in [0.25, 0.3) is 11.0 Å². The van der Waals surface area contributed by atoms with E-state index in [-0.39, 0.29) is 0 Å². The minimum atomic E-state index is 0.594. The van der Waals surface area contributed by atoms with Gasteiger partial charge in [0.2, 0.25) is 0 Å². The van der Waals surface area contributed by atoms with E-state index in [9.17, 15) is 4.79 Å². The van der Waals surface area contributed by atoms with Gasteiger partial charge in [-0.1, -0.05) is 0 Å². The molecule has 1 aromatic heterocycles. The van der Waals surface area contributed by atoms with Crippen molar-refractivity contribution in [1.82, 2.24) is 0 Å². The maximum Gasteiger partial charge on any atom is 0.154 e.